The standard InChI is InChI=1S/C23H25NO5/c1-4-5-13-24-20(15-9-8-10-16(14-15)28-2)19(22(26)23(24)27)21(25)17-11-6-7-12-18(17)29-3/h6-12,14,20,25H,4-5,13H2,1-3H3/b21-19-. The lowest BCUT2D eigenvalue weighted by molar-refractivity contribution is -0.139. The first-order chi connectivity index (χ1) is 14.0. The van der Waals surface area contributed by atoms with Gasteiger partial charge in [-0.25, -0.2) is 0 Å². The Morgan fingerprint density at radius 3 is 2.52 bits per heavy atom. The van der Waals surface area contributed by atoms with Crippen molar-refractivity contribution in [3.63, 3.8) is 0 Å². The summed E-state index contributed by atoms with van der Waals surface area (Å²) in [5, 5.41) is 11.1. The van der Waals surface area contributed by atoms with Crippen LogP contribution < -0.4 is 9.47 Å². The van der Waals surface area contributed by atoms with Crippen LogP contribution in [-0.4, -0.2) is 42.5 Å². The van der Waals surface area contributed by atoms with Crippen LogP contribution in [0.1, 0.15) is 36.9 Å². The molecule has 152 valence electrons. The molecule has 2 aromatic rings. The maximum atomic E-state index is 13.0. The van der Waals surface area contributed by atoms with Crippen molar-refractivity contribution >= 4 is 17.4 Å². The van der Waals surface area contributed by atoms with E-state index in [0.717, 1.165) is 12.8 Å². The summed E-state index contributed by atoms with van der Waals surface area (Å²) in [7, 11) is 3.05. The molecule has 6 nitrogen and oxygen atoms in total. The summed E-state index contributed by atoms with van der Waals surface area (Å²) in [6.45, 7) is 2.44. The average molecular weight is 395 g/mol. The maximum absolute atomic E-state index is 13.0. The summed E-state index contributed by atoms with van der Waals surface area (Å²) in [6.07, 6.45) is 1.63. The number of methoxy groups -OCH3 is 2. The van der Waals surface area contributed by atoms with E-state index >= 15 is 0 Å². The molecular weight excluding hydrogens is 370 g/mol. The first-order valence-corrected chi connectivity index (χ1v) is 9.59. The second-order valence-corrected chi connectivity index (χ2v) is 6.82. The van der Waals surface area contributed by atoms with Gasteiger partial charge in [-0.05, 0) is 36.2 Å². The quantitative estimate of drug-likeness (QED) is 0.437. The van der Waals surface area contributed by atoms with Gasteiger partial charge in [0.25, 0.3) is 11.7 Å². The lowest BCUT2D eigenvalue weighted by atomic mass is 9.94. The Morgan fingerprint density at radius 1 is 1.07 bits per heavy atom. The predicted molar refractivity (Wildman–Crippen MR) is 110 cm³/mol. The number of rotatable bonds is 7. The van der Waals surface area contributed by atoms with Crippen LogP contribution in [-0.2, 0) is 9.59 Å². The van der Waals surface area contributed by atoms with Gasteiger partial charge in [-0.15, -0.1) is 0 Å². The predicted octanol–water partition coefficient (Wildman–Crippen LogP) is 3.93. The van der Waals surface area contributed by atoms with Crippen molar-refractivity contribution in [1.29, 1.82) is 0 Å². The number of hydrogen-bond donors (Lipinski definition) is 1. The van der Waals surface area contributed by atoms with E-state index in [2.05, 4.69) is 0 Å². The minimum atomic E-state index is -0.697. The molecule has 0 spiro atoms. The maximum Gasteiger partial charge on any atom is 0.295 e. The molecule has 6 heteroatoms. The number of ether oxygens (including phenoxy) is 2. The fourth-order valence-corrected chi connectivity index (χ4v) is 3.58. The van der Waals surface area contributed by atoms with Gasteiger partial charge in [-0.2, -0.15) is 0 Å². The molecule has 0 bridgehead atoms. The molecule has 3 rings (SSSR count). The van der Waals surface area contributed by atoms with Gasteiger partial charge in [-0.3, -0.25) is 9.59 Å². The number of hydrogen-bond acceptors (Lipinski definition) is 5. The SMILES string of the molecule is CCCCN1C(=O)C(=O)/C(=C(\O)c2ccccc2OC)C1c1cccc(OC)c1. The first kappa shape index (κ1) is 20.5. The summed E-state index contributed by atoms with van der Waals surface area (Å²) < 4.78 is 10.6. The monoisotopic (exact) mass is 395 g/mol. The van der Waals surface area contributed by atoms with Gasteiger partial charge < -0.3 is 19.5 Å². The van der Waals surface area contributed by atoms with Gasteiger partial charge >= 0.3 is 0 Å². The molecule has 1 heterocycles. The Morgan fingerprint density at radius 2 is 1.83 bits per heavy atom. The summed E-state index contributed by atoms with van der Waals surface area (Å²) in [5.41, 5.74) is 1.14. The molecule has 1 fully saturated rings. The summed E-state index contributed by atoms with van der Waals surface area (Å²) >= 11 is 0. The van der Waals surface area contributed by atoms with Crippen LogP contribution in [0.15, 0.2) is 54.1 Å². The normalized spacial score (nSPS) is 18.2. The molecule has 1 N–H and O–H groups in total. The summed E-state index contributed by atoms with van der Waals surface area (Å²) in [5.74, 6) is -0.511. The van der Waals surface area contributed by atoms with Crippen molar-refractivity contribution in [2.75, 3.05) is 20.8 Å². The number of carbonyl (C=O) groups excluding carboxylic acids is 2. The van der Waals surface area contributed by atoms with Crippen LogP contribution in [0, 0.1) is 0 Å². The molecule has 0 saturated carbocycles. The Bertz CT molecular complexity index is 950. The highest BCUT2D eigenvalue weighted by Gasteiger charge is 2.46. The smallest absolute Gasteiger partial charge is 0.295 e. The molecule has 2 aromatic carbocycles. The highest BCUT2D eigenvalue weighted by molar-refractivity contribution is 6.46. The number of nitrogens with zero attached hydrogens (tertiary/aromatic N) is 1. The second kappa shape index (κ2) is 8.82. The van der Waals surface area contributed by atoms with Crippen LogP contribution >= 0.6 is 0 Å². The van der Waals surface area contributed by atoms with Gasteiger partial charge in [0, 0.05) is 6.54 Å². The van der Waals surface area contributed by atoms with Crippen molar-refractivity contribution < 1.29 is 24.2 Å². The third kappa shape index (κ3) is 3.83. The number of aliphatic hydroxyl groups excluding tert-OH is 1. The van der Waals surface area contributed by atoms with E-state index in [1.807, 2.05) is 13.0 Å². The Kier molecular flexibility index (Phi) is 6.22. The molecule has 0 radical (unpaired) electrons. The van der Waals surface area contributed by atoms with E-state index < -0.39 is 17.7 Å². The zero-order chi connectivity index (χ0) is 21.0. The molecule has 1 amide bonds. The topological polar surface area (TPSA) is 76.1 Å². The van der Waals surface area contributed by atoms with E-state index in [1.165, 1.54) is 12.0 Å². The van der Waals surface area contributed by atoms with Gasteiger partial charge in [0.05, 0.1) is 31.4 Å². The van der Waals surface area contributed by atoms with E-state index in [4.69, 9.17) is 9.47 Å². The lowest BCUT2D eigenvalue weighted by Crippen LogP contribution is -2.30. The number of carbonyl (C=O) groups is 2. The number of amides is 1. The minimum Gasteiger partial charge on any atom is -0.507 e. The number of para-hydroxylation sites is 1. The largest absolute Gasteiger partial charge is 0.507 e. The van der Waals surface area contributed by atoms with Gasteiger partial charge in [0.1, 0.15) is 17.3 Å². The zero-order valence-electron chi connectivity index (χ0n) is 16.8. The highest BCUT2D eigenvalue weighted by Crippen LogP contribution is 2.41. The number of aliphatic hydroxyl groups is 1. The molecule has 0 aromatic heterocycles. The third-order valence-corrected chi connectivity index (χ3v) is 5.06. The van der Waals surface area contributed by atoms with Crippen LogP contribution in [0.25, 0.3) is 5.76 Å². The van der Waals surface area contributed by atoms with Gasteiger partial charge in [0.15, 0.2) is 0 Å². The van der Waals surface area contributed by atoms with Crippen molar-refractivity contribution in [2.24, 2.45) is 0 Å². The number of benzene rings is 2. The van der Waals surface area contributed by atoms with Crippen molar-refractivity contribution in [3.05, 3.63) is 65.2 Å². The van der Waals surface area contributed by atoms with Gasteiger partial charge in [-0.1, -0.05) is 37.6 Å². The zero-order valence-corrected chi connectivity index (χ0v) is 16.8. The molecule has 1 unspecified atom stereocenters. The number of Topliss-reactive ketones (excluding diaryl/α,β-unsaturated/α-hetero) is 1. The third-order valence-electron chi connectivity index (χ3n) is 5.06. The Labute approximate surface area is 170 Å². The van der Waals surface area contributed by atoms with E-state index in [0.29, 0.717) is 29.2 Å². The van der Waals surface area contributed by atoms with Crippen LogP contribution in [0.3, 0.4) is 0 Å². The molecule has 1 aliphatic heterocycles. The van der Waals surface area contributed by atoms with Crippen LogP contribution in [0.5, 0.6) is 11.5 Å². The van der Waals surface area contributed by atoms with Crippen LogP contribution in [0.4, 0.5) is 0 Å². The van der Waals surface area contributed by atoms with Gasteiger partial charge in [0.2, 0.25) is 0 Å². The molecule has 1 aliphatic rings. The average Bonchev–Trinajstić information content (AvgIpc) is 3.01. The lowest BCUT2D eigenvalue weighted by Gasteiger charge is -2.25. The molecule has 29 heavy (non-hydrogen) atoms. The van der Waals surface area contributed by atoms with Crippen molar-refractivity contribution in [1.82, 2.24) is 4.90 Å². The highest BCUT2D eigenvalue weighted by atomic mass is 16.5. The molecule has 0 aliphatic carbocycles. The fraction of sp³-hybridized carbons (Fsp3) is 0.304. The molecular formula is C23H25NO5. The van der Waals surface area contributed by atoms with E-state index in [1.54, 1.807) is 49.6 Å². The second-order valence-electron chi connectivity index (χ2n) is 6.82. The van der Waals surface area contributed by atoms with Crippen LogP contribution in [0.2, 0.25) is 0 Å². The molecule has 1 atom stereocenters. The van der Waals surface area contributed by atoms with Crippen molar-refractivity contribution in [3.8, 4) is 11.5 Å². The molecule has 1 saturated heterocycles. The number of ketones is 1. The van der Waals surface area contributed by atoms with E-state index in [-0.39, 0.29) is 11.3 Å². The van der Waals surface area contributed by atoms with Crippen molar-refractivity contribution in [2.45, 2.75) is 25.8 Å². The minimum absolute atomic E-state index is 0.0591. The number of likely N-dealkylation sites (tertiary alicyclic amines) is 1. The Hall–Kier alpha value is -3.28. The first-order valence-electron chi connectivity index (χ1n) is 9.59. The fourth-order valence-electron chi connectivity index (χ4n) is 3.58. The Balaban J connectivity index is 2.21. The summed E-state index contributed by atoms with van der Waals surface area (Å²) in [6, 6.07) is 13.4. The van der Waals surface area contributed by atoms with E-state index in [9.17, 15) is 14.7 Å². The summed E-state index contributed by atoms with van der Waals surface area (Å²) in [4.78, 5) is 27.3. The number of unbranched alkanes of at least 4 members (excludes halogenated alkanes) is 1.